The molecule has 21 heavy (non-hydrogen) atoms. The molecule has 1 N–H and O–H groups in total. The summed E-state index contributed by atoms with van der Waals surface area (Å²) in [5.74, 6) is 0.619. The smallest absolute Gasteiger partial charge is 0.239 e. The zero-order valence-electron chi connectivity index (χ0n) is 12.8. The highest BCUT2D eigenvalue weighted by Gasteiger charge is 2.19. The number of halogens is 1. The zero-order chi connectivity index (χ0) is 15.2. The highest BCUT2D eigenvalue weighted by Crippen LogP contribution is 2.24. The normalized spacial score (nSPS) is 16.3. The van der Waals surface area contributed by atoms with Gasteiger partial charge in [0, 0.05) is 31.0 Å². The van der Waals surface area contributed by atoms with Gasteiger partial charge in [0.2, 0.25) is 5.91 Å². The number of amides is 1. The Hall–Kier alpha value is -1.26. The zero-order valence-corrected chi connectivity index (χ0v) is 13.6. The lowest BCUT2D eigenvalue weighted by Crippen LogP contribution is -2.37. The highest BCUT2D eigenvalue weighted by molar-refractivity contribution is 6.29. The van der Waals surface area contributed by atoms with Crippen LogP contribution >= 0.6 is 11.6 Å². The number of alkyl halides is 1. The van der Waals surface area contributed by atoms with E-state index in [1.807, 2.05) is 12.1 Å². The summed E-state index contributed by atoms with van der Waals surface area (Å²) >= 11 is 5.48. The van der Waals surface area contributed by atoms with E-state index in [9.17, 15) is 4.79 Å². The first-order valence-corrected chi connectivity index (χ1v) is 7.97. The van der Waals surface area contributed by atoms with Gasteiger partial charge in [-0.15, -0.1) is 11.6 Å². The van der Waals surface area contributed by atoms with Crippen molar-refractivity contribution in [2.45, 2.75) is 12.8 Å². The van der Waals surface area contributed by atoms with Crippen molar-refractivity contribution in [3.8, 4) is 0 Å². The lowest BCUT2D eigenvalue weighted by molar-refractivity contribution is -0.113. The number of carbonyl (C=O) groups is 1. The van der Waals surface area contributed by atoms with Crippen molar-refractivity contribution in [3.05, 3.63) is 24.3 Å². The molecule has 0 spiro atoms. The molecule has 5 heteroatoms. The van der Waals surface area contributed by atoms with Crippen LogP contribution in [0.15, 0.2) is 24.3 Å². The molecule has 1 heterocycles. The van der Waals surface area contributed by atoms with Gasteiger partial charge in [-0.2, -0.15) is 0 Å². The van der Waals surface area contributed by atoms with Crippen LogP contribution in [0.4, 0.5) is 11.4 Å². The van der Waals surface area contributed by atoms with E-state index >= 15 is 0 Å². The second kappa shape index (κ2) is 7.66. The van der Waals surface area contributed by atoms with Crippen LogP contribution in [0.3, 0.4) is 0 Å². The summed E-state index contributed by atoms with van der Waals surface area (Å²) in [6, 6.07) is 8.00. The standard InChI is InChI=1S/C16H24ClN3O/c1-19(2)12-13-7-9-20(10-8-13)15-5-3-14(4-6-15)18-16(21)11-17/h3-6,13H,7-12H2,1-2H3,(H,18,21). The number of hydrogen-bond acceptors (Lipinski definition) is 3. The molecule has 4 nitrogen and oxygen atoms in total. The van der Waals surface area contributed by atoms with Gasteiger partial charge in [0.15, 0.2) is 0 Å². The maximum absolute atomic E-state index is 11.2. The molecule has 1 aliphatic heterocycles. The first-order valence-electron chi connectivity index (χ1n) is 7.44. The van der Waals surface area contributed by atoms with E-state index in [1.54, 1.807) is 0 Å². The van der Waals surface area contributed by atoms with Crippen LogP contribution in [-0.2, 0) is 4.79 Å². The first-order chi connectivity index (χ1) is 10.1. The summed E-state index contributed by atoms with van der Waals surface area (Å²) in [5.41, 5.74) is 2.02. The van der Waals surface area contributed by atoms with Crippen LogP contribution in [0.25, 0.3) is 0 Å². The average molecular weight is 310 g/mol. The van der Waals surface area contributed by atoms with Crippen molar-refractivity contribution in [3.63, 3.8) is 0 Å². The third-order valence-electron chi connectivity index (χ3n) is 3.88. The number of anilines is 2. The third kappa shape index (κ3) is 4.90. The Morgan fingerprint density at radius 2 is 1.90 bits per heavy atom. The maximum Gasteiger partial charge on any atom is 0.239 e. The van der Waals surface area contributed by atoms with Crippen molar-refractivity contribution in [2.75, 3.05) is 49.8 Å². The average Bonchev–Trinajstić information content (AvgIpc) is 2.48. The summed E-state index contributed by atoms with van der Waals surface area (Å²) in [5, 5.41) is 2.76. The van der Waals surface area contributed by atoms with E-state index in [-0.39, 0.29) is 11.8 Å². The molecular formula is C16H24ClN3O. The topological polar surface area (TPSA) is 35.6 Å². The predicted octanol–water partition coefficient (Wildman–Crippen LogP) is 2.64. The van der Waals surface area contributed by atoms with E-state index in [0.29, 0.717) is 0 Å². The number of rotatable bonds is 5. The molecule has 0 aromatic heterocycles. The van der Waals surface area contributed by atoms with Crippen LogP contribution in [0.1, 0.15) is 12.8 Å². The van der Waals surface area contributed by atoms with E-state index in [1.165, 1.54) is 25.1 Å². The largest absolute Gasteiger partial charge is 0.372 e. The van der Waals surface area contributed by atoms with Gasteiger partial charge in [-0.25, -0.2) is 0 Å². The molecule has 1 aliphatic rings. The Labute approximate surface area is 132 Å². The second-order valence-corrected chi connectivity index (χ2v) is 6.19. The molecule has 0 atom stereocenters. The quantitative estimate of drug-likeness (QED) is 0.849. The number of hydrogen-bond donors (Lipinski definition) is 1. The number of nitrogens with one attached hydrogen (secondary N) is 1. The molecule has 0 bridgehead atoms. The molecule has 1 amide bonds. The number of piperidine rings is 1. The first kappa shape index (κ1) is 16.1. The van der Waals surface area contributed by atoms with Gasteiger partial charge in [0.25, 0.3) is 0 Å². The van der Waals surface area contributed by atoms with Gasteiger partial charge < -0.3 is 15.1 Å². The van der Waals surface area contributed by atoms with Gasteiger partial charge in [-0.1, -0.05) is 0 Å². The monoisotopic (exact) mass is 309 g/mol. The van der Waals surface area contributed by atoms with Crippen molar-refractivity contribution in [1.82, 2.24) is 4.90 Å². The van der Waals surface area contributed by atoms with Crippen LogP contribution in [0.5, 0.6) is 0 Å². The summed E-state index contributed by atoms with van der Waals surface area (Å²) in [6.07, 6.45) is 2.48. The Morgan fingerprint density at radius 3 is 2.43 bits per heavy atom. The van der Waals surface area contributed by atoms with Gasteiger partial charge in [-0.3, -0.25) is 4.79 Å². The van der Waals surface area contributed by atoms with Crippen molar-refractivity contribution in [2.24, 2.45) is 5.92 Å². The molecule has 0 saturated carbocycles. The third-order valence-corrected chi connectivity index (χ3v) is 4.12. The minimum Gasteiger partial charge on any atom is -0.372 e. The van der Waals surface area contributed by atoms with E-state index in [0.717, 1.165) is 24.7 Å². The van der Waals surface area contributed by atoms with Crippen LogP contribution in [-0.4, -0.2) is 50.4 Å². The lowest BCUT2D eigenvalue weighted by atomic mass is 9.96. The lowest BCUT2D eigenvalue weighted by Gasteiger charge is -2.34. The van der Waals surface area contributed by atoms with E-state index in [4.69, 9.17) is 11.6 Å². The Kier molecular flexibility index (Phi) is 5.88. The van der Waals surface area contributed by atoms with Gasteiger partial charge in [-0.05, 0) is 57.1 Å². The highest BCUT2D eigenvalue weighted by atomic mass is 35.5. The molecule has 1 saturated heterocycles. The fourth-order valence-corrected chi connectivity index (χ4v) is 2.91. The minimum absolute atomic E-state index is 0.0128. The number of nitrogens with zero attached hydrogens (tertiary/aromatic N) is 2. The van der Waals surface area contributed by atoms with E-state index < -0.39 is 0 Å². The molecule has 1 fully saturated rings. The van der Waals surface area contributed by atoms with Crippen LogP contribution in [0, 0.1) is 5.92 Å². The predicted molar refractivity (Wildman–Crippen MR) is 89.3 cm³/mol. The van der Waals surface area contributed by atoms with E-state index in [2.05, 4.69) is 41.3 Å². The molecular weight excluding hydrogens is 286 g/mol. The molecule has 1 aromatic rings. The molecule has 0 radical (unpaired) electrons. The van der Waals surface area contributed by atoms with Crippen LogP contribution < -0.4 is 10.2 Å². The summed E-state index contributed by atoms with van der Waals surface area (Å²) < 4.78 is 0. The van der Waals surface area contributed by atoms with Gasteiger partial charge >= 0.3 is 0 Å². The van der Waals surface area contributed by atoms with Crippen molar-refractivity contribution in [1.29, 1.82) is 0 Å². The molecule has 0 unspecified atom stereocenters. The fraction of sp³-hybridized carbons (Fsp3) is 0.562. The summed E-state index contributed by atoms with van der Waals surface area (Å²) in [4.78, 5) is 15.9. The van der Waals surface area contributed by atoms with Crippen molar-refractivity contribution < 1.29 is 4.79 Å². The molecule has 2 rings (SSSR count). The molecule has 1 aromatic carbocycles. The number of carbonyl (C=O) groups excluding carboxylic acids is 1. The summed E-state index contributed by atoms with van der Waals surface area (Å²) in [6.45, 7) is 3.38. The fourth-order valence-electron chi connectivity index (χ4n) is 2.84. The van der Waals surface area contributed by atoms with Gasteiger partial charge in [0.1, 0.15) is 5.88 Å². The Balaban J connectivity index is 1.87. The number of benzene rings is 1. The minimum atomic E-state index is -0.172. The summed E-state index contributed by atoms with van der Waals surface area (Å²) in [7, 11) is 4.28. The second-order valence-electron chi connectivity index (χ2n) is 5.92. The van der Waals surface area contributed by atoms with Crippen molar-refractivity contribution >= 4 is 28.9 Å². The SMILES string of the molecule is CN(C)CC1CCN(c2ccc(NC(=O)CCl)cc2)CC1. The van der Waals surface area contributed by atoms with Crippen LogP contribution in [0.2, 0.25) is 0 Å². The maximum atomic E-state index is 11.2. The molecule has 116 valence electrons. The Bertz CT molecular complexity index is 453. The van der Waals surface area contributed by atoms with Gasteiger partial charge in [0.05, 0.1) is 0 Å². The molecule has 0 aliphatic carbocycles. The Morgan fingerprint density at radius 1 is 1.29 bits per heavy atom.